The molecule has 0 radical (unpaired) electrons. The van der Waals surface area contributed by atoms with Crippen molar-refractivity contribution in [3.8, 4) is 0 Å². The molecule has 5 N–H and O–H groups in total. The summed E-state index contributed by atoms with van der Waals surface area (Å²) in [7, 11) is 0. The number of Topliss-reactive ketones (excluding diaryl/α,β-unsaturated/α-hetero) is 1. The van der Waals surface area contributed by atoms with Crippen LogP contribution in [0, 0.1) is 40.9 Å². The summed E-state index contributed by atoms with van der Waals surface area (Å²) in [6.45, 7) is 7.79. The van der Waals surface area contributed by atoms with Crippen LogP contribution in [-0.2, 0) is 28.6 Å². The molecule has 56 heavy (non-hydrogen) atoms. The van der Waals surface area contributed by atoms with Gasteiger partial charge >= 0.3 is 11.9 Å². The van der Waals surface area contributed by atoms with Crippen molar-refractivity contribution in [2.45, 2.75) is 128 Å². The summed E-state index contributed by atoms with van der Waals surface area (Å²) < 4.78 is 19.9. The summed E-state index contributed by atoms with van der Waals surface area (Å²) in [5.41, 5.74) is -2.37. The number of fused-ring (bicyclic) bond motifs is 4. The van der Waals surface area contributed by atoms with E-state index in [1.165, 1.54) is 0 Å². The molecule has 6 aliphatic rings. The Kier molecular flexibility index (Phi) is 11.6. The SMILES string of the molecule is CC[C@H]1C[C@]23OC(=O)C(=C(O)[C@]4(CC)[C@@H](C=C[C@H]5[C@@H](O[C@H]6C[C@@H](O)[C@H](NC(=O)c7[nH]ccc7Br)[C@@H](C)O6)[C@@H](C)CC[C@@H]54)CCCCC=C[C@H]2C=C1C(=O)O)C3=O. The van der Waals surface area contributed by atoms with Crippen molar-refractivity contribution in [1.29, 1.82) is 0 Å². The number of hydrogen-bond acceptors (Lipinski definition) is 9. The second-order valence-electron chi connectivity index (χ2n) is 16.8. The zero-order valence-electron chi connectivity index (χ0n) is 32.5. The van der Waals surface area contributed by atoms with Gasteiger partial charge in [-0.3, -0.25) is 9.59 Å². The fourth-order valence-electron chi connectivity index (χ4n) is 11.0. The molecule has 4 aliphatic carbocycles. The molecule has 0 unspecified atom stereocenters. The normalized spacial score (nSPS) is 39.9. The summed E-state index contributed by atoms with van der Waals surface area (Å²) in [5.74, 6) is -4.84. The van der Waals surface area contributed by atoms with Gasteiger partial charge in [-0.2, -0.15) is 0 Å². The van der Waals surface area contributed by atoms with Crippen molar-refractivity contribution < 1.29 is 48.7 Å². The molecule has 2 bridgehead atoms. The minimum atomic E-state index is -1.64. The third kappa shape index (κ3) is 6.83. The van der Waals surface area contributed by atoms with E-state index >= 15 is 0 Å². The third-order valence-corrected chi connectivity index (χ3v) is 14.6. The number of esters is 1. The van der Waals surface area contributed by atoms with Gasteiger partial charge in [0.1, 0.15) is 17.0 Å². The quantitative estimate of drug-likeness (QED) is 0.110. The molecular formula is C43H55BrN2O10. The highest BCUT2D eigenvalue weighted by Gasteiger charge is 2.63. The summed E-state index contributed by atoms with van der Waals surface area (Å²) in [6, 6.07) is 1.06. The van der Waals surface area contributed by atoms with E-state index in [1.54, 1.807) is 25.3 Å². The number of aliphatic hydroxyl groups excluding tert-OH is 2. The van der Waals surface area contributed by atoms with Gasteiger partial charge in [0.05, 0.1) is 24.4 Å². The maximum Gasteiger partial charge on any atom is 0.346 e. The van der Waals surface area contributed by atoms with Crippen LogP contribution in [0.5, 0.6) is 0 Å². The number of ether oxygens (including phenoxy) is 3. The lowest BCUT2D eigenvalue weighted by Gasteiger charge is -2.55. The van der Waals surface area contributed by atoms with Gasteiger partial charge in [0.15, 0.2) is 11.9 Å². The van der Waals surface area contributed by atoms with Gasteiger partial charge in [-0.1, -0.05) is 57.6 Å². The Balaban J connectivity index is 1.20. The highest BCUT2D eigenvalue weighted by atomic mass is 79.9. The molecule has 12 nitrogen and oxygen atoms in total. The monoisotopic (exact) mass is 838 g/mol. The average Bonchev–Trinajstić information content (AvgIpc) is 3.70. The lowest BCUT2D eigenvalue weighted by molar-refractivity contribution is -0.258. The van der Waals surface area contributed by atoms with Gasteiger partial charge in [0.2, 0.25) is 5.78 Å². The van der Waals surface area contributed by atoms with Gasteiger partial charge in [0.25, 0.3) is 5.91 Å². The predicted molar refractivity (Wildman–Crippen MR) is 209 cm³/mol. The molecule has 13 heteroatoms. The first-order valence-corrected chi connectivity index (χ1v) is 21.2. The third-order valence-electron chi connectivity index (χ3n) is 13.9. The average molecular weight is 840 g/mol. The Hall–Kier alpha value is -3.52. The molecule has 1 aromatic rings. The van der Waals surface area contributed by atoms with Crippen molar-refractivity contribution in [2.24, 2.45) is 40.9 Å². The minimum Gasteiger partial charge on any atom is -0.511 e. The highest BCUT2D eigenvalue weighted by Crippen LogP contribution is 2.60. The number of aromatic nitrogens is 1. The molecule has 2 aliphatic heterocycles. The molecule has 1 spiro atoms. The van der Waals surface area contributed by atoms with Crippen LogP contribution in [0.25, 0.3) is 0 Å². The zero-order chi connectivity index (χ0) is 40.1. The number of halogens is 1. The van der Waals surface area contributed by atoms with Crippen molar-refractivity contribution in [3.63, 3.8) is 0 Å². The Bertz CT molecular complexity index is 1840. The molecular weight excluding hydrogens is 784 g/mol. The van der Waals surface area contributed by atoms with Crippen LogP contribution in [0.1, 0.15) is 102 Å². The van der Waals surface area contributed by atoms with Crippen LogP contribution < -0.4 is 5.32 Å². The standard InChI is InChI=1S/C43H55BrN2O10/c1-5-24-21-43-26(19-28(24)40(51)52)12-10-8-7-9-11-25-14-15-27-29(42(25,6-2)37(48)33(38(43)49)41(53)56-43)16-13-22(3)36(27)55-32-20-31(47)34(23(4)54-32)46-39(50)35-30(44)17-18-45-35/h10,12,14-15,17-19,22-27,29,31-32,34,36,45,47-48H,5-9,11,13,16,20-21H2,1-4H3,(H,46,50)(H,51,52)/t22-,23+,24-,25+,26-,27+,29-,31+,32-,34+,36-,42+,43-/m0/s1. The molecule has 7 rings (SSSR count). The molecule has 1 aromatic heterocycles. The number of carboxylic acid groups (broad SMARTS) is 1. The maximum atomic E-state index is 14.8. The van der Waals surface area contributed by atoms with Gasteiger partial charge in [-0.05, 0) is 97.5 Å². The van der Waals surface area contributed by atoms with E-state index in [4.69, 9.17) is 14.2 Å². The van der Waals surface area contributed by atoms with Crippen molar-refractivity contribution in [2.75, 3.05) is 0 Å². The highest BCUT2D eigenvalue weighted by molar-refractivity contribution is 9.10. The predicted octanol–water partition coefficient (Wildman–Crippen LogP) is 6.87. The number of aliphatic carboxylic acids is 1. The van der Waals surface area contributed by atoms with E-state index in [-0.39, 0.29) is 65.4 Å². The maximum absolute atomic E-state index is 14.8. The zero-order valence-corrected chi connectivity index (χ0v) is 34.1. The topological polar surface area (TPSA) is 184 Å². The minimum absolute atomic E-state index is 0.0274. The fraction of sp³-hybridized carbons (Fsp3) is 0.628. The molecule has 2 saturated heterocycles. The first-order valence-electron chi connectivity index (χ1n) is 20.4. The summed E-state index contributed by atoms with van der Waals surface area (Å²) in [5, 5.41) is 37.0. The number of rotatable bonds is 7. The molecule has 3 heterocycles. The van der Waals surface area contributed by atoms with E-state index in [2.05, 4.69) is 45.3 Å². The van der Waals surface area contributed by atoms with Crippen molar-refractivity contribution >= 4 is 39.6 Å². The summed E-state index contributed by atoms with van der Waals surface area (Å²) >= 11 is 3.37. The Labute approximate surface area is 336 Å². The van der Waals surface area contributed by atoms with E-state index in [0.717, 1.165) is 32.1 Å². The summed E-state index contributed by atoms with van der Waals surface area (Å²) in [4.78, 5) is 57.1. The number of carbonyl (C=O) groups excluding carboxylic acids is 3. The number of amides is 1. The molecule has 13 atom stereocenters. The lowest BCUT2D eigenvalue weighted by Crippen LogP contribution is -2.58. The molecule has 304 valence electrons. The second kappa shape index (κ2) is 16.0. The molecule has 0 aromatic carbocycles. The Morgan fingerprint density at radius 1 is 1.11 bits per heavy atom. The van der Waals surface area contributed by atoms with Gasteiger partial charge < -0.3 is 39.8 Å². The van der Waals surface area contributed by atoms with E-state index < -0.39 is 65.1 Å². The fourth-order valence-corrected chi connectivity index (χ4v) is 11.4. The Morgan fingerprint density at radius 3 is 2.57 bits per heavy atom. The van der Waals surface area contributed by atoms with Crippen molar-refractivity contribution in [1.82, 2.24) is 10.3 Å². The number of H-pyrrole nitrogens is 1. The lowest BCUT2D eigenvalue weighted by atomic mass is 9.50. The largest absolute Gasteiger partial charge is 0.511 e. The van der Waals surface area contributed by atoms with Crippen LogP contribution in [0.15, 0.2) is 64.0 Å². The van der Waals surface area contributed by atoms with Crippen LogP contribution >= 0.6 is 15.9 Å². The Morgan fingerprint density at radius 2 is 1.89 bits per heavy atom. The first kappa shape index (κ1) is 40.7. The van der Waals surface area contributed by atoms with Crippen LogP contribution in [-0.4, -0.2) is 80.2 Å². The van der Waals surface area contributed by atoms with Crippen LogP contribution in [0.2, 0.25) is 0 Å². The number of allylic oxidation sites excluding steroid dienone is 3. The first-order chi connectivity index (χ1) is 26.8. The molecule has 1 amide bonds. The molecule has 1 saturated carbocycles. The van der Waals surface area contributed by atoms with Crippen molar-refractivity contribution in [3.05, 3.63) is 69.7 Å². The number of carboxylic acids is 1. The van der Waals surface area contributed by atoms with Gasteiger partial charge in [-0.25, -0.2) is 9.59 Å². The van der Waals surface area contributed by atoms with E-state index in [0.29, 0.717) is 29.4 Å². The summed E-state index contributed by atoms with van der Waals surface area (Å²) in [6.07, 6.45) is 14.4. The number of ketones is 1. The van der Waals surface area contributed by atoms with Gasteiger partial charge in [0, 0.05) is 46.3 Å². The number of aliphatic hydroxyl groups is 2. The number of carbonyl (C=O) groups is 4. The second-order valence-corrected chi connectivity index (χ2v) is 17.7. The van der Waals surface area contributed by atoms with Crippen LogP contribution in [0.3, 0.4) is 0 Å². The van der Waals surface area contributed by atoms with E-state index in [9.17, 15) is 34.5 Å². The number of aromatic amines is 1. The molecule has 3 fully saturated rings. The van der Waals surface area contributed by atoms with Crippen LogP contribution in [0.4, 0.5) is 0 Å². The van der Waals surface area contributed by atoms with Gasteiger partial charge in [-0.15, -0.1) is 0 Å². The smallest absolute Gasteiger partial charge is 0.346 e. The van der Waals surface area contributed by atoms with E-state index in [1.807, 2.05) is 26.0 Å². The number of hydrogen-bond donors (Lipinski definition) is 5. The number of nitrogens with one attached hydrogen (secondary N) is 2.